The fourth-order valence-electron chi connectivity index (χ4n) is 8.12. The molecule has 4 heterocycles. The second-order valence-electron chi connectivity index (χ2n) is 16.2. The number of piperidine rings is 1. The van der Waals surface area contributed by atoms with Crippen molar-refractivity contribution >= 4 is 40.4 Å². The molecule has 16 heteroatoms. The molecule has 1 saturated carbocycles. The number of likely N-dealkylation sites (tertiary alicyclic amines) is 1. The fraction of sp³-hybridized carbons (Fsp3) is 0.429. The number of benzene rings is 1. The zero-order valence-electron chi connectivity index (χ0n) is 33.2. The number of fused-ring (bicyclic) bond motifs is 2. The van der Waals surface area contributed by atoms with Crippen LogP contribution in [0.3, 0.4) is 0 Å². The number of pyridine rings is 1. The summed E-state index contributed by atoms with van der Waals surface area (Å²) in [5.41, 5.74) is 0.678. The van der Waals surface area contributed by atoms with Crippen molar-refractivity contribution in [3.63, 3.8) is 0 Å². The van der Waals surface area contributed by atoms with Gasteiger partial charge in [-0.05, 0) is 86.3 Å². The minimum Gasteiger partial charge on any atom is -0.465 e. The Labute approximate surface area is 334 Å². The van der Waals surface area contributed by atoms with Crippen LogP contribution >= 0.6 is 0 Å². The quantitative estimate of drug-likeness (QED) is 0.0920. The normalized spacial score (nSPS) is 18.8. The number of anilines is 1. The van der Waals surface area contributed by atoms with Gasteiger partial charge in [-0.3, -0.25) is 19.1 Å². The van der Waals surface area contributed by atoms with Crippen LogP contribution in [0, 0.1) is 24.7 Å². The maximum atomic E-state index is 14.7. The maximum absolute atomic E-state index is 14.7. The van der Waals surface area contributed by atoms with Gasteiger partial charge >= 0.3 is 12.3 Å². The molecule has 0 spiro atoms. The molecule has 2 aliphatic rings. The minimum atomic E-state index is -4.77. The number of hydrogen-bond donors (Lipinski definition) is 2. The van der Waals surface area contributed by atoms with E-state index < -0.39 is 59.2 Å². The van der Waals surface area contributed by atoms with Gasteiger partial charge in [0, 0.05) is 54.8 Å². The number of aromatic nitrogens is 5. The third-order valence-corrected chi connectivity index (χ3v) is 11.1. The first-order valence-electron chi connectivity index (χ1n) is 19.0. The average molecular weight is 801 g/mol. The fourth-order valence-corrected chi connectivity index (χ4v) is 8.12. The number of nitrogens with zero attached hydrogens (tertiary/aromatic N) is 7. The monoisotopic (exact) mass is 800 g/mol. The number of carbonyl (C=O) groups is 4. The summed E-state index contributed by atoms with van der Waals surface area (Å²) in [5.74, 6) is -1.34. The number of rotatable bonds is 15. The van der Waals surface area contributed by atoms with Crippen molar-refractivity contribution < 1.29 is 37.5 Å². The molecule has 1 aliphatic heterocycles. The summed E-state index contributed by atoms with van der Waals surface area (Å²) >= 11 is 0. The van der Waals surface area contributed by atoms with Gasteiger partial charge in [-0.15, -0.1) is 13.2 Å². The highest BCUT2D eigenvalue weighted by atomic mass is 19.4. The van der Waals surface area contributed by atoms with Crippen LogP contribution in [0.4, 0.5) is 23.8 Å². The number of hydrogen-bond acceptors (Lipinski definition) is 8. The molecule has 4 aromatic rings. The predicted molar refractivity (Wildman–Crippen MR) is 211 cm³/mol. The van der Waals surface area contributed by atoms with Gasteiger partial charge in [0.2, 0.25) is 11.8 Å². The third-order valence-electron chi connectivity index (χ3n) is 11.1. The third kappa shape index (κ3) is 8.50. The lowest BCUT2D eigenvalue weighted by atomic mass is 9.86. The number of alkyl halides is 3. The van der Waals surface area contributed by atoms with Crippen LogP contribution in [0.25, 0.3) is 22.0 Å². The predicted octanol–water partition coefficient (Wildman–Crippen LogP) is 7.43. The Morgan fingerprint density at radius 2 is 1.76 bits per heavy atom. The molecular weight excluding hydrogens is 754 g/mol. The van der Waals surface area contributed by atoms with Crippen LogP contribution in [0.2, 0.25) is 0 Å². The van der Waals surface area contributed by atoms with Gasteiger partial charge < -0.3 is 20.2 Å². The van der Waals surface area contributed by atoms with E-state index in [0.717, 1.165) is 17.2 Å². The van der Waals surface area contributed by atoms with Crippen LogP contribution in [-0.2, 0) is 28.7 Å². The van der Waals surface area contributed by atoms with Crippen molar-refractivity contribution in [2.45, 2.75) is 91.5 Å². The number of halogens is 3. The van der Waals surface area contributed by atoms with Crippen molar-refractivity contribution in [3.05, 3.63) is 90.3 Å². The average Bonchev–Trinajstić information content (AvgIpc) is 3.54. The van der Waals surface area contributed by atoms with E-state index in [1.807, 2.05) is 19.9 Å². The Kier molecular flexibility index (Phi) is 11.3. The highest BCUT2D eigenvalue weighted by molar-refractivity contribution is 6.07. The van der Waals surface area contributed by atoms with Crippen LogP contribution in [0.15, 0.2) is 62.0 Å². The second-order valence-corrected chi connectivity index (χ2v) is 16.2. The second kappa shape index (κ2) is 15.8. The molecule has 3 atom stereocenters. The van der Waals surface area contributed by atoms with Gasteiger partial charge in [-0.1, -0.05) is 32.1 Å². The largest absolute Gasteiger partial charge is 0.465 e. The van der Waals surface area contributed by atoms with Gasteiger partial charge in [0.05, 0.1) is 5.52 Å². The van der Waals surface area contributed by atoms with E-state index in [1.165, 1.54) is 34.4 Å². The van der Waals surface area contributed by atoms with E-state index in [9.17, 15) is 37.5 Å². The molecule has 3 aromatic heterocycles. The molecule has 306 valence electrons. The summed E-state index contributed by atoms with van der Waals surface area (Å²) in [6.07, 6.45) is 3.09. The van der Waals surface area contributed by atoms with Gasteiger partial charge in [0.15, 0.2) is 5.78 Å². The van der Waals surface area contributed by atoms with Crippen molar-refractivity contribution in [1.82, 2.24) is 34.5 Å². The Morgan fingerprint density at radius 1 is 1.05 bits per heavy atom. The van der Waals surface area contributed by atoms with E-state index in [-0.39, 0.29) is 42.4 Å². The minimum absolute atomic E-state index is 0.0348. The zero-order valence-corrected chi connectivity index (χ0v) is 33.2. The van der Waals surface area contributed by atoms with Crippen LogP contribution in [0.1, 0.15) is 79.6 Å². The molecule has 2 N–H and O–H groups in total. The number of carbonyl (C=O) groups excluding carboxylic acids is 3. The molecule has 58 heavy (non-hydrogen) atoms. The Morgan fingerprint density at radius 3 is 2.38 bits per heavy atom. The topological polar surface area (TPSA) is 164 Å². The lowest BCUT2D eigenvalue weighted by Gasteiger charge is -2.33. The molecule has 3 amide bonds. The van der Waals surface area contributed by atoms with Crippen molar-refractivity contribution in [1.29, 1.82) is 0 Å². The van der Waals surface area contributed by atoms with Gasteiger partial charge in [0.25, 0.3) is 0 Å². The first-order valence-corrected chi connectivity index (χ1v) is 19.0. The van der Waals surface area contributed by atoms with Crippen LogP contribution < -0.4 is 5.32 Å². The molecule has 1 saturated heterocycles. The molecule has 13 nitrogen and oxygen atoms in total. The molecule has 0 radical (unpaired) electrons. The van der Waals surface area contributed by atoms with E-state index in [2.05, 4.69) is 38.5 Å². The number of Topliss-reactive ketones (excluding diaryl/α,β-unsaturated/α-hetero) is 1. The lowest BCUT2D eigenvalue weighted by Crippen LogP contribution is -2.47. The smallest absolute Gasteiger partial charge is 0.433 e. The highest BCUT2D eigenvalue weighted by Gasteiger charge is 2.68. The standard InChI is InChI=1S/C42H47F3N8O5/c1-8-10-14-40(6,7)22-51(39(57)58)23-41-17-31(38(56)49-37-24(3)12-13-32(48-37)42(43,44)45)53(33(41)18-41)34(55)21-52-36-27(11-9-2)15-28(29-19-46-26(5)47-20-29)16-30(36)35(50-52)25(4)54/h8-9,12-13,15-16,19-20,31,33H,1-2,10-11,14,17-18,21-23H2,3-7H3,(H,57,58)(H,48,49,56)/t31-,33+,41-/m0/s1. The first-order chi connectivity index (χ1) is 27.3. The maximum Gasteiger partial charge on any atom is 0.433 e. The SMILES string of the molecule is C=CCCC(C)(C)CN(C[C@@]12C[C@@H](C(=O)Nc3nc(C(F)(F)F)ccc3C)N(C(=O)Cn3nc(C(C)=O)c4cc(-c5cnc(C)nc5)cc(CC=C)c43)[C@@H]1C2)C(=O)O. The summed E-state index contributed by atoms with van der Waals surface area (Å²) in [6.45, 7) is 16.1. The van der Waals surface area contributed by atoms with E-state index >= 15 is 0 Å². The summed E-state index contributed by atoms with van der Waals surface area (Å²) < 4.78 is 42.3. The number of allylic oxidation sites excluding steroid dienone is 2. The number of ketones is 1. The van der Waals surface area contributed by atoms with Crippen LogP contribution in [0.5, 0.6) is 0 Å². The van der Waals surface area contributed by atoms with E-state index in [1.54, 1.807) is 37.5 Å². The van der Waals surface area contributed by atoms with Gasteiger partial charge in [-0.2, -0.15) is 18.3 Å². The Bertz CT molecular complexity index is 2300. The Hall–Kier alpha value is -5.93. The molecule has 2 fully saturated rings. The van der Waals surface area contributed by atoms with E-state index in [0.29, 0.717) is 48.0 Å². The van der Waals surface area contributed by atoms with Gasteiger partial charge in [-0.25, -0.2) is 19.7 Å². The molecule has 6 rings (SSSR count). The van der Waals surface area contributed by atoms with Crippen molar-refractivity contribution in [3.8, 4) is 11.1 Å². The number of nitrogens with one attached hydrogen (secondary N) is 1. The molecule has 1 aromatic carbocycles. The van der Waals surface area contributed by atoms with Crippen molar-refractivity contribution in [2.75, 3.05) is 18.4 Å². The molecule has 0 bridgehead atoms. The highest BCUT2D eigenvalue weighted by Crippen LogP contribution is 2.60. The number of carboxylic acid groups (broad SMARTS) is 1. The lowest BCUT2D eigenvalue weighted by molar-refractivity contribution is -0.141. The summed E-state index contributed by atoms with van der Waals surface area (Å²) in [4.78, 5) is 69.5. The summed E-state index contributed by atoms with van der Waals surface area (Å²) in [7, 11) is 0. The Balaban J connectivity index is 1.38. The number of aryl methyl sites for hydroxylation is 2. The van der Waals surface area contributed by atoms with E-state index in [4.69, 9.17) is 0 Å². The molecular formula is C42H47F3N8O5. The summed E-state index contributed by atoms with van der Waals surface area (Å²) in [5, 5.41) is 18.0. The first kappa shape index (κ1) is 41.7. The summed E-state index contributed by atoms with van der Waals surface area (Å²) in [6, 6.07) is 3.97. The van der Waals surface area contributed by atoms with Gasteiger partial charge in [0.1, 0.15) is 35.6 Å². The molecule has 1 aliphatic carbocycles. The molecule has 0 unspecified atom stereocenters. The van der Waals surface area contributed by atoms with Crippen LogP contribution in [-0.4, -0.2) is 88.5 Å². The number of amides is 3. The van der Waals surface area contributed by atoms with Crippen molar-refractivity contribution in [2.24, 2.45) is 10.8 Å². The zero-order chi connectivity index (χ0) is 42.3.